The minimum Gasteiger partial charge on any atom is -0.322 e. The van der Waals surface area contributed by atoms with Crippen LogP contribution < -0.4 is 9.62 Å². The number of rotatable bonds is 6. The van der Waals surface area contributed by atoms with E-state index in [1.807, 2.05) is 17.8 Å². The Hall–Kier alpha value is -2.89. The molecule has 0 aromatic heterocycles. The number of carbonyl (C=O) groups is 1. The molecule has 1 unspecified atom stereocenters. The van der Waals surface area contributed by atoms with Crippen LogP contribution in [0.15, 0.2) is 76.5 Å². The molecule has 1 aliphatic carbocycles. The van der Waals surface area contributed by atoms with Crippen molar-refractivity contribution in [3.8, 4) is 0 Å². The molecule has 3 aromatic rings. The van der Waals surface area contributed by atoms with Crippen molar-refractivity contribution in [3.05, 3.63) is 83.7 Å². The monoisotopic (exact) mass is 600 g/mol. The van der Waals surface area contributed by atoms with Crippen LogP contribution in [0.25, 0.3) is 0 Å². The Balaban J connectivity index is 1.43. The van der Waals surface area contributed by atoms with Crippen molar-refractivity contribution < 1.29 is 26.0 Å². The van der Waals surface area contributed by atoms with Crippen molar-refractivity contribution in [1.82, 2.24) is 0 Å². The van der Waals surface area contributed by atoms with Gasteiger partial charge in [0.25, 0.3) is 15.9 Å². The molecule has 2 heterocycles. The molecule has 6 rings (SSSR count). The maximum Gasteiger partial charge on any atom is 0.264 e. The van der Waals surface area contributed by atoms with E-state index in [0.717, 1.165) is 61.1 Å². The minimum atomic E-state index is -4.00. The van der Waals surface area contributed by atoms with E-state index in [1.54, 1.807) is 28.6 Å². The smallest absolute Gasteiger partial charge is 0.264 e. The number of fused-ring (bicyclic) bond motifs is 2. The lowest BCUT2D eigenvalue weighted by atomic mass is 9.70. The number of hydrogen-bond donors (Lipinski definition) is 1. The quantitative estimate of drug-likeness (QED) is 0.416. The molecule has 2 aliphatic heterocycles. The molecule has 3 aromatic carbocycles. The number of nitrogens with one attached hydrogen (secondary N) is 1. The zero-order valence-electron chi connectivity index (χ0n) is 21.8. The number of thioether (sulfide) groups is 1. The van der Waals surface area contributed by atoms with E-state index < -0.39 is 37.0 Å². The molecule has 2 fully saturated rings. The predicted molar refractivity (Wildman–Crippen MR) is 155 cm³/mol. The van der Waals surface area contributed by atoms with Gasteiger partial charge in [-0.25, -0.2) is 21.2 Å². The zero-order chi connectivity index (χ0) is 28.3. The molecule has 1 atom stereocenters. The maximum absolute atomic E-state index is 14.1. The van der Waals surface area contributed by atoms with Gasteiger partial charge in [-0.3, -0.25) is 9.10 Å². The molecular formula is C29H29FN2O5S3. The first-order chi connectivity index (χ1) is 19.0. The van der Waals surface area contributed by atoms with Gasteiger partial charge in [0.05, 0.1) is 21.5 Å². The molecule has 1 spiro atoms. The molecule has 3 aliphatic rings. The van der Waals surface area contributed by atoms with E-state index in [4.69, 9.17) is 0 Å². The van der Waals surface area contributed by atoms with Gasteiger partial charge in [-0.1, -0.05) is 6.07 Å². The highest BCUT2D eigenvalue weighted by Gasteiger charge is 2.59. The van der Waals surface area contributed by atoms with Crippen molar-refractivity contribution >= 4 is 48.9 Å². The summed E-state index contributed by atoms with van der Waals surface area (Å²) in [4.78, 5) is 13.5. The van der Waals surface area contributed by atoms with Crippen LogP contribution in [-0.4, -0.2) is 46.5 Å². The lowest BCUT2D eigenvalue weighted by Crippen LogP contribution is -2.50. The second-order valence-corrected chi connectivity index (χ2v) is 15.8. The highest BCUT2D eigenvalue weighted by Crippen LogP contribution is 2.59. The minimum absolute atomic E-state index is 0.0420. The van der Waals surface area contributed by atoms with Gasteiger partial charge in [-0.05, 0) is 109 Å². The van der Waals surface area contributed by atoms with Crippen molar-refractivity contribution in [2.24, 2.45) is 5.92 Å². The highest BCUT2D eigenvalue weighted by molar-refractivity contribution is 7.99. The van der Waals surface area contributed by atoms with Crippen LogP contribution in [0.3, 0.4) is 0 Å². The average Bonchev–Trinajstić information content (AvgIpc) is 3.73. The average molecular weight is 601 g/mol. The van der Waals surface area contributed by atoms with Gasteiger partial charge in [0.15, 0.2) is 9.84 Å². The first kappa shape index (κ1) is 27.3. The summed E-state index contributed by atoms with van der Waals surface area (Å²) in [5.41, 5.74) is 1.73. The van der Waals surface area contributed by atoms with Gasteiger partial charge in [0.2, 0.25) is 0 Å². The Bertz CT molecular complexity index is 1700. The van der Waals surface area contributed by atoms with E-state index in [9.17, 15) is 26.0 Å². The van der Waals surface area contributed by atoms with E-state index in [2.05, 4.69) is 5.32 Å². The Labute approximate surface area is 238 Å². The number of carbonyl (C=O) groups excluding carboxylic acids is 1. The predicted octanol–water partition coefficient (Wildman–Crippen LogP) is 5.23. The Morgan fingerprint density at radius 3 is 2.30 bits per heavy atom. The number of amides is 1. The molecule has 1 N–H and O–H groups in total. The van der Waals surface area contributed by atoms with Crippen molar-refractivity contribution in [3.63, 3.8) is 0 Å². The lowest BCUT2D eigenvalue weighted by Gasteiger charge is -2.41. The number of sulfonamides is 1. The standard InChI is InChI=1S/C29H29FN2O5S3/c1-39(34,35)24-4-2-3-22(18-24)31-28(33)20-7-12-26-25(17-20)29(13-15-38-16-14-29)27(19-5-6-19)32(26)40(36,37)23-10-8-21(30)9-11-23/h2-4,7-12,17-19,27H,5-6,13-16H2,1H3,(H,31,33). The summed E-state index contributed by atoms with van der Waals surface area (Å²) in [6.45, 7) is 0. The van der Waals surface area contributed by atoms with Gasteiger partial charge in [0, 0.05) is 22.9 Å². The normalized spacial score (nSPS) is 20.4. The summed E-state index contributed by atoms with van der Waals surface area (Å²) >= 11 is 1.85. The van der Waals surface area contributed by atoms with E-state index in [0.29, 0.717) is 16.9 Å². The van der Waals surface area contributed by atoms with Gasteiger partial charge >= 0.3 is 0 Å². The summed E-state index contributed by atoms with van der Waals surface area (Å²) in [5.74, 6) is 1.08. The van der Waals surface area contributed by atoms with Gasteiger partial charge in [-0.15, -0.1) is 0 Å². The summed E-state index contributed by atoms with van der Waals surface area (Å²) in [7, 11) is -7.44. The molecule has 210 valence electrons. The number of halogens is 1. The third-order valence-corrected chi connectivity index (χ3v) is 12.1. The van der Waals surface area contributed by atoms with Gasteiger partial charge in [0.1, 0.15) is 5.82 Å². The van der Waals surface area contributed by atoms with E-state index >= 15 is 0 Å². The summed E-state index contributed by atoms with van der Waals surface area (Å²) < 4.78 is 67.4. The number of hydrogen-bond acceptors (Lipinski definition) is 6. The number of nitrogens with zero attached hydrogens (tertiary/aromatic N) is 1. The van der Waals surface area contributed by atoms with Crippen molar-refractivity contribution in [2.45, 2.75) is 46.9 Å². The number of benzene rings is 3. The summed E-state index contributed by atoms with van der Waals surface area (Å²) in [6.07, 6.45) is 4.57. The van der Waals surface area contributed by atoms with E-state index in [1.165, 1.54) is 24.3 Å². The Kier molecular flexibility index (Phi) is 6.74. The molecular weight excluding hydrogens is 572 g/mol. The third-order valence-electron chi connectivity index (χ3n) is 8.20. The molecule has 40 heavy (non-hydrogen) atoms. The molecule has 7 nitrogen and oxygen atoms in total. The van der Waals surface area contributed by atoms with Gasteiger partial charge in [-0.2, -0.15) is 11.8 Å². The zero-order valence-corrected chi connectivity index (χ0v) is 24.3. The van der Waals surface area contributed by atoms with Crippen LogP contribution in [0, 0.1) is 11.7 Å². The van der Waals surface area contributed by atoms with Crippen LogP contribution in [-0.2, 0) is 25.3 Å². The largest absolute Gasteiger partial charge is 0.322 e. The first-order valence-electron chi connectivity index (χ1n) is 13.1. The van der Waals surface area contributed by atoms with Crippen LogP contribution in [0.4, 0.5) is 15.8 Å². The molecule has 1 saturated heterocycles. The maximum atomic E-state index is 14.1. The lowest BCUT2D eigenvalue weighted by molar-refractivity contribution is 0.102. The van der Waals surface area contributed by atoms with Gasteiger partial charge < -0.3 is 5.32 Å². The molecule has 11 heteroatoms. The van der Waals surface area contributed by atoms with Crippen LogP contribution in [0.5, 0.6) is 0 Å². The molecule has 0 bridgehead atoms. The molecule has 0 radical (unpaired) electrons. The first-order valence-corrected chi connectivity index (χ1v) is 17.6. The third kappa shape index (κ3) is 4.71. The second-order valence-electron chi connectivity index (χ2n) is 10.8. The molecule has 1 saturated carbocycles. The fourth-order valence-electron chi connectivity index (χ4n) is 6.16. The second kappa shape index (κ2) is 9.88. The van der Waals surface area contributed by atoms with Crippen LogP contribution >= 0.6 is 11.8 Å². The fourth-order valence-corrected chi connectivity index (χ4v) is 9.85. The summed E-state index contributed by atoms with van der Waals surface area (Å²) in [6, 6.07) is 15.9. The number of anilines is 2. The van der Waals surface area contributed by atoms with Crippen LogP contribution in [0.2, 0.25) is 0 Å². The van der Waals surface area contributed by atoms with E-state index in [-0.39, 0.29) is 21.8 Å². The molecule has 1 amide bonds. The van der Waals surface area contributed by atoms with Crippen molar-refractivity contribution in [2.75, 3.05) is 27.4 Å². The Morgan fingerprint density at radius 2 is 1.65 bits per heavy atom. The van der Waals surface area contributed by atoms with Crippen LogP contribution in [0.1, 0.15) is 41.6 Å². The summed E-state index contributed by atoms with van der Waals surface area (Å²) in [5, 5.41) is 2.80. The topological polar surface area (TPSA) is 101 Å². The number of sulfone groups is 1. The highest BCUT2D eigenvalue weighted by atomic mass is 32.2. The fraction of sp³-hybridized carbons (Fsp3) is 0.345. The Morgan fingerprint density at radius 1 is 0.950 bits per heavy atom. The van der Waals surface area contributed by atoms with Crippen molar-refractivity contribution in [1.29, 1.82) is 0 Å². The SMILES string of the molecule is CS(=O)(=O)c1cccc(NC(=O)c2ccc3c(c2)C2(CCSCC2)C(C2CC2)N3S(=O)(=O)c2ccc(F)cc2)c1.